The predicted octanol–water partition coefficient (Wildman–Crippen LogP) is 3.17. The number of carbonyl (C=O) groups excluding carboxylic acids is 1. The average molecular weight is 432 g/mol. The number of fused-ring (bicyclic) bond motifs is 2. The van der Waals surface area contributed by atoms with Gasteiger partial charge in [-0.05, 0) is 37.5 Å². The SMILES string of the molecule is Cc1nc2nc(C(F)(F)F)nn2c(C)c1CCC(=O)N1CCN(C)c2ccccc2C1. The van der Waals surface area contributed by atoms with E-state index < -0.39 is 12.0 Å². The molecule has 0 aliphatic carbocycles. The second kappa shape index (κ2) is 7.82. The van der Waals surface area contributed by atoms with E-state index in [0.717, 1.165) is 22.3 Å². The second-order valence-electron chi connectivity index (χ2n) is 7.77. The van der Waals surface area contributed by atoms with Crippen molar-refractivity contribution >= 4 is 17.4 Å². The molecule has 31 heavy (non-hydrogen) atoms. The maximum absolute atomic E-state index is 13.0. The van der Waals surface area contributed by atoms with Gasteiger partial charge in [-0.25, -0.2) is 9.50 Å². The van der Waals surface area contributed by atoms with Crippen LogP contribution in [0.25, 0.3) is 5.78 Å². The molecule has 4 rings (SSSR count). The number of anilines is 1. The number of hydrogen-bond acceptors (Lipinski definition) is 5. The molecule has 0 radical (unpaired) electrons. The lowest BCUT2D eigenvalue weighted by Gasteiger charge is -2.21. The molecule has 2 aromatic heterocycles. The van der Waals surface area contributed by atoms with Crippen molar-refractivity contribution in [2.24, 2.45) is 0 Å². The number of rotatable bonds is 3. The van der Waals surface area contributed by atoms with Crippen LogP contribution < -0.4 is 4.90 Å². The first-order chi connectivity index (χ1) is 14.6. The monoisotopic (exact) mass is 432 g/mol. The van der Waals surface area contributed by atoms with Crippen LogP contribution in [0.15, 0.2) is 24.3 Å². The fourth-order valence-electron chi connectivity index (χ4n) is 3.99. The summed E-state index contributed by atoms with van der Waals surface area (Å²) in [5.74, 6) is -1.31. The summed E-state index contributed by atoms with van der Waals surface area (Å²) in [5.41, 5.74) is 3.99. The zero-order valence-corrected chi connectivity index (χ0v) is 17.6. The van der Waals surface area contributed by atoms with Gasteiger partial charge in [0, 0.05) is 50.2 Å². The van der Waals surface area contributed by atoms with E-state index >= 15 is 0 Å². The van der Waals surface area contributed by atoms with Gasteiger partial charge in [-0.2, -0.15) is 18.2 Å². The number of benzene rings is 1. The summed E-state index contributed by atoms with van der Waals surface area (Å²) in [7, 11) is 2.01. The fraction of sp³-hybridized carbons (Fsp3) is 0.429. The van der Waals surface area contributed by atoms with Crippen molar-refractivity contribution < 1.29 is 18.0 Å². The third-order valence-corrected chi connectivity index (χ3v) is 5.71. The Morgan fingerprint density at radius 3 is 2.61 bits per heavy atom. The predicted molar refractivity (Wildman–Crippen MR) is 109 cm³/mol. The Kier molecular flexibility index (Phi) is 5.32. The number of para-hydroxylation sites is 1. The van der Waals surface area contributed by atoms with Crippen LogP contribution in [0.3, 0.4) is 0 Å². The fourth-order valence-corrected chi connectivity index (χ4v) is 3.99. The standard InChI is InChI=1S/C21H23F3N6O/c1-13-16(14(2)30-20(25-13)26-19(27-30)21(22,23)24)8-9-18(31)29-11-10-28(3)17-7-5-4-6-15(17)12-29/h4-7H,8-12H2,1-3H3. The molecule has 0 N–H and O–H groups in total. The van der Waals surface area contributed by atoms with E-state index in [-0.39, 0.29) is 18.1 Å². The van der Waals surface area contributed by atoms with Crippen LogP contribution in [0.2, 0.25) is 0 Å². The molecule has 0 spiro atoms. The van der Waals surface area contributed by atoms with E-state index in [9.17, 15) is 18.0 Å². The van der Waals surface area contributed by atoms with Crippen LogP contribution in [0, 0.1) is 13.8 Å². The van der Waals surface area contributed by atoms with E-state index in [1.165, 1.54) is 0 Å². The maximum atomic E-state index is 13.0. The molecule has 164 valence electrons. The van der Waals surface area contributed by atoms with E-state index in [2.05, 4.69) is 20.0 Å². The van der Waals surface area contributed by atoms with E-state index in [1.807, 2.05) is 36.2 Å². The van der Waals surface area contributed by atoms with Crippen molar-refractivity contribution in [3.8, 4) is 0 Å². The number of alkyl halides is 3. The number of halogens is 3. The Morgan fingerprint density at radius 2 is 1.87 bits per heavy atom. The molecule has 0 saturated heterocycles. The van der Waals surface area contributed by atoms with Crippen LogP contribution in [0.5, 0.6) is 0 Å². The summed E-state index contributed by atoms with van der Waals surface area (Å²) in [6.07, 6.45) is -4.03. The van der Waals surface area contributed by atoms with E-state index in [0.29, 0.717) is 36.5 Å². The minimum atomic E-state index is -4.64. The molecule has 3 heterocycles. The first-order valence-corrected chi connectivity index (χ1v) is 10.0. The molecule has 0 saturated carbocycles. The molecule has 0 unspecified atom stereocenters. The van der Waals surface area contributed by atoms with Crippen LogP contribution in [0.4, 0.5) is 18.9 Å². The summed E-state index contributed by atoms with van der Waals surface area (Å²) >= 11 is 0. The molecule has 1 aliphatic rings. The second-order valence-corrected chi connectivity index (χ2v) is 7.77. The van der Waals surface area contributed by atoms with Crippen LogP contribution in [-0.4, -0.2) is 50.5 Å². The van der Waals surface area contributed by atoms with Gasteiger partial charge in [0.05, 0.1) is 0 Å². The summed E-state index contributed by atoms with van der Waals surface area (Å²) in [4.78, 5) is 24.6. The molecule has 1 aromatic carbocycles. The van der Waals surface area contributed by atoms with Crippen molar-refractivity contribution in [3.63, 3.8) is 0 Å². The van der Waals surface area contributed by atoms with Gasteiger partial charge < -0.3 is 9.80 Å². The normalized spacial score (nSPS) is 14.6. The van der Waals surface area contributed by atoms with Crippen molar-refractivity contribution in [2.45, 2.75) is 39.4 Å². The number of amides is 1. The molecule has 7 nitrogen and oxygen atoms in total. The molecule has 0 fully saturated rings. The van der Waals surface area contributed by atoms with Gasteiger partial charge in [-0.15, -0.1) is 5.10 Å². The van der Waals surface area contributed by atoms with Gasteiger partial charge >= 0.3 is 6.18 Å². The van der Waals surface area contributed by atoms with Crippen LogP contribution in [0.1, 0.15) is 34.8 Å². The summed E-state index contributed by atoms with van der Waals surface area (Å²) < 4.78 is 40.0. The summed E-state index contributed by atoms with van der Waals surface area (Å²) in [6, 6.07) is 8.01. The molecule has 1 amide bonds. The molecular weight excluding hydrogens is 409 g/mol. The van der Waals surface area contributed by atoms with E-state index in [4.69, 9.17) is 0 Å². The van der Waals surface area contributed by atoms with Crippen LogP contribution >= 0.6 is 0 Å². The minimum absolute atomic E-state index is 0.00132. The van der Waals surface area contributed by atoms with E-state index in [1.54, 1.807) is 13.8 Å². The summed E-state index contributed by atoms with van der Waals surface area (Å²) in [5, 5.41) is 3.57. The minimum Gasteiger partial charge on any atom is -0.373 e. The quantitative estimate of drug-likeness (QED) is 0.636. The van der Waals surface area contributed by atoms with Gasteiger partial charge in [-0.1, -0.05) is 18.2 Å². The highest BCUT2D eigenvalue weighted by molar-refractivity contribution is 5.77. The lowest BCUT2D eigenvalue weighted by Crippen LogP contribution is -2.34. The number of aromatic nitrogens is 4. The maximum Gasteiger partial charge on any atom is 0.453 e. The lowest BCUT2D eigenvalue weighted by molar-refractivity contribution is -0.144. The van der Waals surface area contributed by atoms with Crippen molar-refractivity contribution in [3.05, 3.63) is 52.6 Å². The van der Waals surface area contributed by atoms with Crippen LogP contribution in [-0.2, 0) is 23.9 Å². The largest absolute Gasteiger partial charge is 0.453 e. The van der Waals surface area contributed by atoms with Gasteiger partial charge in [0.2, 0.25) is 5.91 Å². The highest BCUT2D eigenvalue weighted by atomic mass is 19.4. The molecule has 3 aromatic rings. The topological polar surface area (TPSA) is 66.6 Å². The van der Waals surface area contributed by atoms with Crippen molar-refractivity contribution in [1.29, 1.82) is 0 Å². The van der Waals surface area contributed by atoms with Crippen molar-refractivity contribution in [1.82, 2.24) is 24.5 Å². The zero-order valence-electron chi connectivity index (χ0n) is 17.6. The van der Waals surface area contributed by atoms with Gasteiger partial charge in [0.25, 0.3) is 11.6 Å². The van der Waals surface area contributed by atoms with Crippen molar-refractivity contribution in [2.75, 3.05) is 25.0 Å². The first-order valence-electron chi connectivity index (χ1n) is 10.0. The van der Waals surface area contributed by atoms with Gasteiger partial charge in [-0.3, -0.25) is 4.79 Å². The zero-order chi connectivity index (χ0) is 22.3. The third kappa shape index (κ3) is 4.06. The Morgan fingerprint density at radius 1 is 1.13 bits per heavy atom. The molecule has 0 atom stereocenters. The molecule has 1 aliphatic heterocycles. The van der Waals surface area contributed by atoms with Gasteiger partial charge in [0.15, 0.2) is 0 Å². The Hall–Kier alpha value is -3.17. The third-order valence-electron chi connectivity index (χ3n) is 5.71. The number of aryl methyl sites for hydroxylation is 2. The molecule has 0 bridgehead atoms. The number of nitrogens with zero attached hydrogens (tertiary/aromatic N) is 6. The number of carbonyl (C=O) groups is 1. The number of likely N-dealkylation sites (N-methyl/N-ethyl adjacent to an activating group) is 1. The Bertz CT molecular complexity index is 1140. The molecular formula is C21H23F3N6O. The molecule has 10 heteroatoms. The lowest BCUT2D eigenvalue weighted by atomic mass is 10.1. The summed E-state index contributed by atoms with van der Waals surface area (Å²) in [6.45, 7) is 5.26. The highest BCUT2D eigenvalue weighted by Gasteiger charge is 2.37. The Labute approximate surface area is 177 Å². The highest BCUT2D eigenvalue weighted by Crippen LogP contribution is 2.28. The average Bonchev–Trinajstić information content (AvgIpc) is 3.08. The Balaban J connectivity index is 1.53. The smallest absolute Gasteiger partial charge is 0.373 e. The number of hydrogen-bond donors (Lipinski definition) is 0. The van der Waals surface area contributed by atoms with Gasteiger partial charge in [0.1, 0.15) is 0 Å². The first kappa shape index (κ1) is 21.1.